The Labute approximate surface area is 154 Å². The van der Waals surface area contributed by atoms with E-state index in [9.17, 15) is 9.90 Å². The first kappa shape index (κ1) is 18.1. The largest absolute Gasteiger partial charge is 1.00 e. The van der Waals surface area contributed by atoms with Crippen LogP contribution in [0.25, 0.3) is 0 Å². The Morgan fingerprint density at radius 3 is 2.52 bits per heavy atom. The van der Waals surface area contributed by atoms with Crippen LogP contribution in [0.15, 0.2) is 36.4 Å². The summed E-state index contributed by atoms with van der Waals surface area (Å²) in [6.07, 6.45) is -0.273. The molecule has 2 rings (SSSR count). The van der Waals surface area contributed by atoms with Gasteiger partial charge in [0.1, 0.15) is 5.75 Å². The fraction of sp³-hybridized carbons (Fsp3) is 0.0714. The van der Waals surface area contributed by atoms with Crippen molar-refractivity contribution in [2.75, 3.05) is 5.73 Å². The first-order chi connectivity index (χ1) is 9.47. The monoisotopic (exact) mass is 333 g/mol. The Morgan fingerprint density at radius 2 is 1.90 bits per heavy atom. The molecule has 0 aliphatic rings. The fourth-order valence-electron chi connectivity index (χ4n) is 1.66. The van der Waals surface area contributed by atoms with E-state index in [0.29, 0.717) is 27.1 Å². The van der Waals surface area contributed by atoms with Gasteiger partial charge in [0.2, 0.25) is 0 Å². The number of carbonyl (C=O) groups excluding carboxylic acids is 1. The number of carbonyl (C=O) groups is 1. The quantitative estimate of drug-likeness (QED) is 0.613. The first-order valence-corrected chi connectivity index (χ1v) is 6.43. The van der Waals surface area contributed by atoms with Crippen LogP contribution in [0.2, 0.25) is 10.0 Å². The van der Waals surface area contributed by atoms with Gasteiger partial charge in [0.15, 0.2) is 5.75 Å². The van der Waals surface area contributed by atoms with E-state index in [2.05, 4.69) is 0 Å². The summed E-state index contributed by atoms with van der Waals surface area (Å²) in [5.41, 5.74) is 6.56. The molecule has 21 heavy (non-hydrogen) atoms. The zero-order valence-electron chi connectivity index (χ0n) is 11.2. The fourth-order valence-corrected chi connectivity index (χ4v) is 1.94. The summed E-state index contributed by atoms with van der Waals surface area (Å²) in [5, 5.41) is 11.4. The van der Waals surface area contributed by atoms with Crippen LogP contribution in [0.1, 0.15) is 5.56 Å². The third kappa shape index (κ3) is 4.80. The van der Waals surface area contributed by atoms with Crippen LogP contribution < -0.4 is 45.1 Å². The molecule has 0 saturated heterocycles. The number of carboxylic acids is 1. The van der Waals surface area contributed by atoms with Crippen molar-refractivity contribution in [1.29, 1.82) is 0 Å². The molecule has 0 fully saturated rings. The molecule has 0 heterocycles. The molecule has 0 aliphatic carbocycles. The number of carboxylic acid groups (broad SMARTS) is 1. The van der Waals surface area contributed by atoms with E-state index in [0.717, 1.165) is 0 Å². The number of ether oxygens (including phenoxy) is 1. The van der Waals surface area contributed by atoms with Gasteiger partial charge >= 0.3 is 29.6 Å². The summed E-state index contributed by atoms with van der Waals surface area (Å²) in [6, 6.07) is 9.68. The molecule has 0 saturated carbocycles. The molecule has 2 aromatic carbocycles. The molecule has 0 bridgehead atoms. The van der Waals surface area contributed by atoms with Crippen LogP contribution >= 0.6 is 23.2 Å². The number of aliphatic carboxylic acids is 1. The van der Waals surface area contributed by atoms with Gasteiger partial charge in [0.05, 0.1) is 15.7 Å². The van der Waals surface area contributed by atoms with Gasteiger partial charge in [-0.25, -0.2) is 0 Å². The second kappa shape index (κ2) is 7.92. The molecular formula is C14H10Cl2NNaO3. The molecule has 0 radical (unpaired) electrons. The third-order valence-electron chi connectivity index (χ3n) is 2.61. The average Bonchev–Trinajstić information content (AvgIpc) is 2.38. The minimum absolute atomic E-state index is 0. The molecule has 0 unspecified atom stereocenters. The van der Waals surface area contributed by atoms with E-state index in [1.165, 1.54) is 0 Å². The van der Waals surface area contributed by atoms with Gasteiger partial charge in [-0.2, -0.15) is 0 Å². The molecule has 0 spiro atoms. The van der Waals surface area contributed by atoms with Crippen molar-refractivity contribution in [3.05, 3.63) is 52.0 Å². The van der Waals surface area contributed by atoms with Crippen molar-refractivity contribution in [2.24, 2.45) is 0 Å². The number of nitrogens with two attached hydrogens (primary N) is 1. The van der Waals surface area contributed by atoms with Crippen LogP contribution in [0.4, 0.5) is 5.69 Å². The molecule has 104 valence electrons. The van der Waals surface area contributed by atoms with Gasteiger partial charge in [-0.3, -0.25) is 0 Å². The molecule has 7 heteroatoms. The van der Waals surface area contributed by atoms with Crippen LogP contribution in [-0.2, 0) is 11.2 Å². The van der Waals surface area contributed by atoms with E-state index in [4.69, 9.17) is 33.7 Å². The predicted octanol–water partition coefficient (Wildman–Crippen LogP) is -0.336. The molecule has 0 atom stereocenters. The minimum Gasteiger partial charge on any atom is -0.550 e. The van der Waals surface area contributed by atoms with E-state index >= 15 is 0 Å². The predicted molar refractivity (Wildman–Crippen MR) is 76.1 cm³/mol. The molecule has 0 aromatic heterocycles. The van der Waals surface area contributed by atoms with Crippen molar-refractivity contribution in [3.8, 4) is 11.5 Å². The second-order valence-electron chi connectivity index (χ2n) is 4.06. The number of rotatable bonds is 4. The summed E-state index contributed by atoms with van der Waals surface area (Å²) in [4.78, 5) is 10.6. The number of hydrogen-bond acceptors (Lipinski definition) is 4. The molecule has 4 nitrogen and oxygen atoms in total. The smallest absolute Gasteiger partial charge is 0.550 e. The van der Waals surface area contributed by atoms with Gasteiger partial charge in [-0.15, -0.1) is 0 Å². The average molecular weight is 334 g/mol. The van der Waals surface area contributed by atoms with E-state index in [1.807, 2.05) is 0 Å². The van der Waals surface area contributed by atoms with Gasteiger partial charge in [-0.05, 0) is 23.8 Å². The van der Waals surface area contributed by atoms with Crippen molar-refractivity contribution in [1.82, 2.24) is 0 Å². The van der Waals surface area contributed by atoms with Crippen LogP contribution in [0.3, 0.4) is 0 Å². The maximum Gasteiger partial charge on any atom is 1.00 e. The van der Waals surface area contributed by atoms with Gasteiger partial charge in [0, 0.05) is 18.5 Å². The Bertz CT molecular complexity index is 665. The summed E-state index contributed by atoms with van der Waals surface area (Å²) in [7, 11) is 0. The SMILES string of the molecule is Nc1c(CC(=O)[O-])cccc1Oc1ccc(Cl)c(Cl)c1.[Na+]. The van der Waals surface area contributed by atoms with Gasteiger partial charge in [0.25, 0.3) is 0 Å². The maximum absolute atomic E-state index is 10.6. The summed E-state index contributed by atoms with van der Waals surface area (Å²) in [5.74, 6) is -0.401. The number of halogens is 2. The molecule has 0 aliphatic heterocycles. The number of para-hydroxylation sites is 1. The van der Waals surface area contributed by atoms with Gasteiger partial charge < -0.3 is 20.4 Å². The normalized spacial score (nSPS) is 9.81. The number of nitrogen functional groups attached to an aromatic ring is 1. The maximum atomic E-state index is 10.6. The topological polar surface area (TPSA) is 75.4 Å². The van der Waals surface area contributed by atoms with Crippen molar-refractivity contribution < 1.29 is 44.2 Å². The Balaban J connectivity index is 0.00000220. The standard InChI is InChI=1S/C14H11Cl2NO3.Na/c15-10-5-4-9(7-11(10)16)20-12-3-1-2-8(14(12)17)6-13(18)19;/h1-5,7H,6,17H2,(H,18,19);/q;+1/p-1. The molecular weight excluding hydrogens is 324 g/mol. The Morgan fingerprint density at radius 1 is 1.19 bits per heavy atom. The molecule has 2 N–H and O–H groups in total. The summed E-state index contributed by atoms with van der Waals surface area (Å²) >= 11 is 11.7. The summed E-state index contributed by atoms with van der Waals surface area (Å²) in [6.45, 7) is 0. The molecule has 0 amide bonds. The van der Waals surface area contributed by atoms with Crippen molar-refractivity contribution in [3.63, 3.8) is 0 Å². The molecule has 2 aromatic rings. The van der Waals surface area contributed by atoms with Gasteiger partial charge in [-0.1, -0.05) is 35.3 Å². The van der Waals surface area contributed by atoms with E-state index in [-0.39, 0.29) is 41.7 Å². The first-order valence-electron chi connectivity index (χ1n) is 5.67. The second-order valence-corrected chi connectivity index (χ2v) is 4.87. The van der Waals surface area contributed by atoms with Crippen molar-refractivity contribution in [2.45, 2.75) is 6.42 Å². The Hall–Kier alpha value is -0.910. The van der Waals surface area contributed by atoms with Crippen LogP contribution in [0, 0.1) is 0 Å². The van der Waals surface area contributed by atoms with Crippen LogP contribution in [-0.4, -0.2) is 5.97 Å². The minimum atomic E-state index is -1.21. The third-order valence-corrected chi connectivity index (χ3v) is 3.35. The van der Waals surface area contributed by atoms with Crippen LogP contribution in [0.5, 0.6) is 11.5 Å². The van der Waals surface area contributed by atoms with E-state index < -0.39 is 5.97 Å². The summed E-state index contributed by atoms with van der Waals surface area (Å²) < 4.78 is 5.59. The zero-order chi connectivity index (χ0) is 14.7. The zero-order valence-corrected chi connectivity index (χ0v) is 14.7. The van der Waals surface area contributed by atoms with Crippen molar-refractivity contribution >= 4 is 34.9 Å². The Kier molecular flexibility index (Phi) is 6.84. The van der Waals surface area contributed by atoms with E-state index in [1.54, 1.807) is 36.4 Å². The number of benzene rings is 2. The number of hydrogen-bond donors (Lipinski definition) is 1. The number of anilines is 1.